The molecule has 0 fully saturated rings. The third-order valence-electron chi connectivity index (χ3n) is 4.04. The van der Waals surface area contributed by atoms with Gasteiger partial charge in [0.1, 0.15) is 0 Å². The molecule has 0 aliphatic rings. The van der Waals surface area contributed by atoms with Gasteiger partial charge in [-0.05, 0) is 29.7 Å². The van der Waals surface area contributed by atoms with Crippen molar-refractivity contribution in [3.63, 3.8) is 0 Å². The maximum absolute atomic E-state index is 12.9. The van der Waals surface area contributed by atoms with E-state index in [1.54, 1.807) is 0 Å². The normalized spacial score (nSPS) is 10.3. The average molecular weight is 315 g/mol. The standard InChI is InChI=1S/C22H21NO/c24-22(21-14-8-3-9-15-21)23(18-20-12-6-2-7-13-20)17-16-19-10-4-1-5-11-19/h1-15H,16-18H2. The molecule has 3 rings (SSSR count). The molecule has 120 valence electrons. The highest BCUT2D eigenvalue weighted by atomic mass is 16.2. The van der Waals surface area contributed by atoms with Crippen molar-refractivity contribution in [2.75, 3.05) is 6.54 Å². The summed E-state index contributed by atoms with van der Waals surface area (Å²) in [7, 11) is 0. The average Bonchev–Trinajstić information content (AvgIpc) is 2.67. The Morgan fingerprint density at radius 3 is 1.75 bits per heavy atom. The summed E-state index contributed by atoms with van der Waals surface area (Å²) in [5.41, 5.74) is 3.13. The lowest BCUT2D eigenvalue weighted by atomic mass is 10.1. The van der Waals surface area contributed by atoms with Crippen molar-refractivity contribution in [3.8, 4) is 0 Å². The summed E-state index contributed by atoms with van der Waals surface area (Å²) in [5, 5.41) is 0. The van der Waals surface area contributed by atoms with Crippen LogP contribution in [0.1, 0.15) is 21.5 Å². The number of hydrogen-bond donors (Lipinski definition) is 0. The molecule has 0 bridgehead atoms. The zero-order valence-corrected chi connectivity index (χ0v) is 13.6. The summed E-state index contributed by atoms with van der Waals surface area (Å²) in [6, 6.07) is 29.9. The van der Waals surface area contributed by atoms with Gasteiger partial charge in [0.2, 0.25) is 0 Å². The number of carbonyl (C=O) groups is 1. The van der Waals surface area contributed by atoms with Crippen LogP contribution in [0.2, 0.25) is 0 Å². The van der Waals surface area contributed by atoms with Crippen molar-refractivity contribution < 1.29 is 4.79 Å². The Kier molecular flexibility index (Phi) is 5.41. The minimum absolute atomic E-state index is 0.0791. The lowest BCUT2D eigenvalue weighted by Gasteiger charge is -2.23. The van der Waals surface area contributed by atoms with Gasteiger partial charge in [-0.1, -0.05) is 78.9 Å². The Labute approximate surface area is 143 Å². The van der Waals surface area contributed by atoms with Gasteiger partial charge in [-0.3, -0.25) is 4.79 Å². The first-order valence-corrected chi connectivity index (χ1v) is 8.25. The number of amides is 1. The molecule has 0 saturated carbocycles. The molecule has 0 saturated heterocycles. The van der Waals surface area contributed by atoms with Gasteiger partial charge < -0.3 is 4.90 Å². The van der Waals surface area contributed by atoms with Crippen LogP contribution in [0, 0.1) is 0 Å². The van der Waals surface area contributed by atoms with Gasteiger partial charge in [0.05, 0.1) is 0 Å². The number of carbonyl (C=O) groups excluding carboxylic acids is 1. The highest BCUT2D eigenvalue weighted by Crippen LogP contribution is 2.12. The third kappa shape index (κ3) is 4.32. The van der Waals surface area contributed by atoms with Crippen LogP contribution in [0.25, 0.3) is 0 Å². The molecule has 2 heteroatoms. The van der Waals surface area contributed by atoms with Crippen LogP contribution in [0.3, 0.4) is 0 Å². The van der Waals surface area contributed by atoms with E-state index in [0.717, 1.165) is 17.5 Å². The van der Waals surface area contributed by atoms with E-state index < -0.39 is 0 Å². The maximum atomic E-state index is 12.9. The van der Waals surface area contributed by atoms with Gasteiger partial charge in [0.15, 0.2) is 0 Å². The number of nitrogens with zero attached hydrogens (tertiary/aromatic N) is 1. The van der Waals surface area contributed by atoms with Crippen LogP contribution in [-0.2, 0) is 13.0 Å². The SMILES string of the molecule is O=C(c1ccccc1)N(CCc1ccccc1)Cc1ccccc1. The molecule has 0 radical (unpaired) electrons. The Morgan fingerprint density at radius 1 is 0.667 bits per heavy atom. The van der Waals surface area contributed by atoms with Crippen molar-refractivity contribution in [2.45, 2.75) is 13.0 Å². The molecule has 3 aromatic rings. The molecular formula is C22H21NO. The molecule has 0 unspecified atom stereocenters. The lowest BCUT2D eigenvalue weighted by Crippen LogP contribution is -2.32. The van der Waals surface area contributed by atoms with Gasteiger partial charge in [0.25, 0.3) is 5.91 Å². The zero-order valence-electron chi connectivity index (χ0n) is 13.6. The first-order valence-electron chi connectivity index (χ1n) is 8.25. The van der Waals surface area contributed by atoms with E-state index in [0.29, 0.717) is 13.1 Å². The van der Waals surface area contributed by atoms with Crippen molar-refractivity contribution in [3.05, 3.63) is 108 Å². The van der Waals surface area contributed by atoms with E-state index in [9.17, 15) is 4.79 Å². The number of hydrogen-bond acceptors (Lipinski definition) is 1. The van der Waals surface area contributed by atoms with Crippen molar-refractivity contribution in [1.82, 2.24) is 4.90 Å². The van der Waals surface area contributed by atoms with Crippen LogP contribution in [0.5, 0.6) is 0 Å². The molecule has 2 nitrogen and oxygen atoms in total. The molecule has 0 aliphatic heterocycles. The highest BCUT2D eigenvalue weighted by molar-refractivity contribution is 5.94. The van der Waals surface area contributed by atoms with Gasteiger partial charge >= 0.3 is 0 Å². The van der Waals surface area contributed by atoms with Crippen molar-refractivity contribution in [2.24, 2.45) is 0 Å². The largest absolute Gasteiger partial charge is 0.334 e. The Hall–Kier alpha value is -2.87. The topological polar surface area (TPSA) is 20.3 Å². The summed E-state index contributed by atoms with van der Waals surface area (Å²) in [6.07, 6.45) is 0.853. The second-order valence-electron chi connectivity index (χ2n) is 5.81. The Morgan fingerprint density at radius 2 is 1.17 bits per heavy atom. The predicted molar refractivity (Wildman–Crippen MR) is 97.8 cm³/mol. The molecular weight excluding hydrogens is 294 g/mol. The molecule has 0 heterocycles. The van der Waals surface area contributed by atoms with E-state index in [1.165, 1.54) is 5.56 Å². The first kappa shape index (κ1) is 16.0. The summed E-state index contributed by atoms with van der Waals surface area (Å²) in [6.45, 7) is 1.33. The Balaban J connectivity index is 1.76. The fraction of sp³-hybridized carbons (Fsp3) is 0.136. The summed E-state index contributed by atoms with van der Waals surface area (Å²) >= 11 is 0. The molecule has 24 heavy (non-hydrogen) atoms. The fourth-order valence-corrected chi connectivity index (χ4v) is 2.73. The summed E-state index contributed by atoms with van der Waals surface area (Å²) < 4.78 is 0. The second-order valence-corrected chi connectivity index (χ2v) is 5.81. The highest BCUT2D eigenvalue weighted by Gasteiger charge is 2.15. The molecule has 0 atom stereocenters. The lowest BCUT2D eigenvalue weighted by molar-refractivity contribution is 0.0745. The number of benzene rings is 3. The predicted octanol–water partition coefficient (Wildman–Crippen LogP) is 4.57. The molecule has 3 aromatic carbocycles. The van der Waals surface area contributed by atoms with E-state index in [-0.39, 0.29) is 5.91 Å². The van der Waals surface area contributed by atoms with Crippen LogP contribution in [0.4, 0.5) is 0 Å². The zero-order chi connectivity index (χ0) is 16.6. The third-order valence-corrected chi connectivity index (χ3v) is 4.04. The van der Waals surface area contributed by atoms with Crippen LogP contribution < -0.4 is 0 Å². The monoisotopic (exact) mass is 315 g/mol. The molecule has 0 aromatic heterocycles. The van der Waals surface area contributed by atoms with E-state index in [2.05, 4.69) is 24.3 Å². The second kappa shape index (κ2) is 8.11. The summed E-state index contributed by atoms with van der Waals surface area (Å²) in [5.74, 6) is 0.0791. The smallest absolute Gasteiger partial charge is 0.254 e. The van der Waals surface area contributed by atoms with Crippen LogP contribution in [-0.4, -0.2) is 17.4 Å². The van der Waals surface area contributed by atoms with Crippen molar-refractivity contribution >= 4 is 5.91 Å². The fourth-order valence-electron chi connectivity index (χ4n) is 2.73. The molecule has 1 amide bonds. The van der Waals surface area contributed by atoms with Crippen LogP contribution in [0.15, 0.2) is 91.0 Å². The molecule has 0 N–H and O–H groups in total. The Bertz CT molecular complexity index is 754. The first-order chi connectivity index (χ1) is 11.8. The van der Waals surface area contributed by atoms with E-state index >= 15 is 0 Å². The maximum Gasteiger partial charge on any atom is 0.254 e. The molecule has 0 aliphatic carbocycles. The van der Waals surface area contributed by atoms with Crippen molar-refractivity contribution in [1.29, 1.82) is 0 Å². The minimum atomic E-state index is 0.0791. The number of rotatable bonds is 6. The summed E-state index contributed by atoms with van der Waals surface area (Å²) in [4.78, 5) is 14.8. The van der Waals surface area contributed by atoms with E-state index in [1.807, 2.05) is 71.6 Å². The quantitative estimate of drug-likeness (QED) is 0.652. The molecule has 0 spiro atoms. The van der Waals surface area contributed by atoms with Gasteiger partial charge in [-0.15, -0.1) is 0 Å². The van der Waals surface area contributed by atoms with Gasteiger partial charge in [-0.25, -0.2) is 0 Å². The van der Waals surface area contributed by atoms with E-state index in [4.69, 9.17) is 0 Å². The van der Waals surface area contributed by atoms with Gasteiger partial charge in [-0.2, -0.15) is 0 Å². The van der Waals surface area contributed by atoms with Crippen LogP contribution >= 0.6 is 0 Å². The van der Waals surface area contributed by atoms with Gasteiger partial charge in [0, 0.05) is 18.7 Å². The minimum Gasteiger partial charge on any atom is -0.334 e.